The topological polar surface area (TPSA) is 51.0 Å². The maximum Gasteiger partial charge on any atom is 0.260 e. The lowest BCUT2D eigenvalue weighted by atomic mass is 10.0. The predicted molar refractivity (Wildman–Crippen MR) is 122 cm³/mol. The fourth-order valence-corrected chi connectivity index (χ4v) is 4.69. The summed E-state index contributed by atoms with van der Waals surface area (Å²) in [5.41, 5.74) is 0.910. The predicted octanol–water partition coefficient (Wildman–Crippen LogP) is 5.52. The molecule has 154 valence electrons. The van der Waals surface area contributed by atoms with Gasteiger partial charge >= 0.3 is 0 Å². The van der Waals surface area contributed by atoms with Gasteiger partial charge < -0.3 is 4.57 Å². The third-order valence-corrected chi connectivity index (χ3v) is 6.26. The molecule has 0 unspecified atom stereocenters. The first-order valence-corrected chi connectivity index (χ1v) is 10.8. The number of rotatable bonds is 6. The number of nitrogens with zero attached hydrogens (tertiary/aromatic N) is 4. The van der Waals surface area contributed by atoms with E-state index in [9.17, 15) is 9.18 Å². The minimum absolute atomic E-state index is 0.137. The van der Waals surface area contributed by atoms with E-state index in [0.29, 0.717) is 29.2 Å². The van der Waals surface area contributed by atoms with Crippen LogP contribution in [0.1, 0.15) is 16.8 Å². The van der Waals surface area contributed by atoms with Crippen molar-refractivity contribution in [2.75, 3.05) is 11.4 Å². The number of thiazole rings is 1. The van der Waals surface area contributed by atoms with Gasteiger partial charge in [-0.1, -0.05) is 53.8 Å². The van der Waals surface area contributed by atoms with Crippen molar-refractivity contribution in [3.8, 4) is 0 Å². The van der Waals surface area contributed by atoms with Crippen LogP contribution in [0.15, 0.2) is 79.4 Å². The molecule has 3 aromatic carbocycles. The summed E-state index contributed by atoms with van der Waals surface area (Å²) in [6.45, 7) is 1.18. The third-order valence-electron chi connectivity index (χ3n) is 5.21. The molecule has 2 heterocycles. The normalized spacial score (nSPS) is 11.3. The lowest BCUT2D eigenvalue weighted by Crippen LogP contribution is -2.32. The van der Waals surface area contributed by atoms with Crippen molar-refractivity contribution in [3.63, 3.8) is 0 Å². The molecule has 0 saturated heterocycles. The number of aryl methyl sites for hydroxylation is 1. The SMILES string of the molecule is O=C(c1cccc2ccccc12)N(CCCn1ccnc1)c1nc2c(F)cccc2s1. The van der Waals surface area contributed by atoms with Crippen LogP contribution in [0, 0.1) is 5.82 Å². The Hall–Kier alpha value is -3.58. The number of para-hydroxylation sites is 1. The van der Waals surface area contributed by atoms with Gasteiger partial charge in [-0.25, -0.2) is 14.4 Å². The summed E-state index contributed by atoms with van der Waals surface area (Å²) in [6, 6.07) is 18.4. The Morgan fingerprint density at radius 1 is 1.06 bits per heavy atom. The minimum Gasteiger partial charge on any atom is -0.337 e. The zero-order chi connectivity index (χ0) is 21.2. The van der Waals surface area contributed by atoms with E-state index >= 15 is 0 Å². The quantitative estimate of drug-likeness (QED) is 0.356. The molecule has 1 amide bonds. The summed E-state index contributed by atoms with van der Waals surface area (Å²) in [4.78, 5) is 23.9. The molecule has 0 N–H and O–H groups in total. The van der Waals surface area contributed by atoms with Crippen molar-refractivity contribution < 1.29 is 9.18 Å². The van der Waals surface area contributed by atoms with E-state index in [4.69, 9.17) is 0 Å². The average Bonchev–Trinajstić information content (AvgIpc) is 3.46. The van der Waals surface area contributed by atoms with Gasteiger partial charge in [-0.2, -0.15) is 0 Å². The largest absolute Gasteiger partial charge is 0.337 e. The summed E-state index contributed by atoms with van der Waals surface area (Å²) in [7, 11) is 0. The first-order valence-electron chi connectivity index (χ1n) is 10.0. The Balaban J connectivity index is 1.53. The molecule has 5 rings (SSSR count). The van der Waals surface area contributed by atoms with Crippen LogP contribution in [0.25, 0.3) is 21.0 Å². The van der Waals surface area contributed by atoms with Gasteiger partial charge in [-0.3, -0.25) is 9.69 Å². The van der Waals surface area contributed by atoms with Crippen molar-refractivity contribution in [2.24, 2.45) is 0 Å². The number of carbonyl (C=O) groups is 1. The summed E-state index contributed by atoms with van der Waals surface area (Å²) >= 11 is 1.33. The molecule has 31 heavy (non-hydrogen) atoms. The molecule has 5 aromatic rings. The zero-order valence-corrected chi connectivity index (χ0v) is 17.4. The van der Waals surface area contributed by atoms with Gasteiger partial charge in [0.2, 0.25) is 0 Å². The van der Waals surface area contributed by atoms with Crippen LogP contribution in [-0.2, 0) is 6.54 Å². The van der Waals surface area contributed by atoms with Crippen molar-refractivity contribution in [1.29, 1.82) is 0 Å². The van der Waals surface area contributed by atoms with Gasteiger partial charge in [0.05, 0.1) is 11.0 Å². The number of hydrogen-bond donors (Lipinski definition) is 0. The van der Waals surface area contributed by atoms with Crippen LogP contribution in [0.5, 0.6) is 0 Å². The first-order chi connectivity index (χ1) is 15.2. The standard InChI is InChI=1S/C24H19FN4OS/c25-20-10-4-11-21-22(20)27-24(31-21)29(14-5-13-28-15-12-26-16-28)23(30)19-9-3-7-17-6-1-2-8-18(17)19/h1-4,6-12,15-16H,5,13-14H2. The number of aromatic nitrogens is 3. The maximum atomic E-state index is 14.3. The number of anilines is 1. The number of imidazole rings is 1. The second-order valence-corrected chi connectivity index (χ2v) is 8.23. The second-order valence-electron chi connectivity index (χ2n) is 7.22. The Kier molecular flexibility index (Phi) is 5.18. The molecule has 0 spiro atoms. The molecule has 0 aliphatic heterocycles. The van der Waals surface area contributed by atoms with Crippen molar-refractivity contribution >= 4 is 43.4 Å². The Morgan fingerprint density at radius 2 is 1.90 bits per heavy atom. The van der Waals surface area contributed by atoms with E-state index in [-0.39, 0.29) is 11.7 Å². The molecule has 7 heteroatoms. The van der Waals surface area contributed by atoms with Crippen molar-refractivity contribution in [3.05, 3.63) is 90.8 Å². The Bertz CT molecular complexity index is 1360. The number of carbonyl (C=O) groups excluding carboxylic acids is 1. The molecule has 0 aliphatic rings. The van der Waals surface area contributed by atoms with Crippen LogP contribution in [0.4, 0.5) is 9.52 Å². The van der Waals surface area contributed by atoms with E-state index in [1.807, 2.05) is 59.3 Å². The van der Waals surface area contributed by atoms with Gasteiger partial charge in [0.25, 0.3) is 5.91 Å². The summed E-state index contributed by atoms with van der Waals surface area (Å²) in [5.74, 6) is -0.516. The minimum atomic E-state index is -0.379. The van der Waals surface area contributed by atoms with Crippen molar-refractivity contribution in [2.45, 2.75) is 13.0 Å². The van der Waals surface area contributed by atoms with Gasteiger partial charge in [-0.15, -0.1) is 0 Å². The summed E-state index contributed by atoms with van der Waals surface area (Å²) in [6.07, 6.45) is 6.09. The molecule has 5 nitrogen and oxygen atoms in total. The van der Waals surface area contributed by atoms with E-state index < -0.39 is 0 Å². The third kappa shape index (κ3) is 3.80. The van der Waals surface area contributed by atoms with Crippen LogP contribution < -0.4 is 4.90 Å². The van der Waals surface area contributed by atoms with E-state index in [1.54, 1.807) is 23.5 Å². The van der Waals surface area contributed by atoms with Crippen LogP contribution in [0.2, 0.25) is 0 Å². The molecule has 0 atom stereocenters. The van der Waals surface area contributed by atoms with E-state index in [2.05, 4.69) is 9.97 Å². The maximum absolute atomic E-state index is 14.3. The molecule has 0 fully saturated rings. The summed E-state index contributed by atoms with van der Waals surface area (Å²) in [5, 5.41) is 2.40. The smallest absolute Gasteiger partial charge is 0.260 e. The van der Waals surface area contributed by atoms with Gasteiger partial charge in [0.1, 0.15) is 11.3 Å². The number of hydrogen-bond acceptors (Lipinski definition) is 4. The van der Waals surface area contributed by atoms with Crippen LogP contribution in [-0.4, -0.2) is 27.0 Å². The second kappa shape index (κ2) is 8.28. The molecular formula is C24H19FN4OS. The number of halogens is 1. The summed E-state index contributed by atoms with van der Waals surface area (Å²) < 4.78 is 17.0. The fourth-order valence-electron chi connectivity index (χ4n) is 3.69. The molecule has 0 saturated carbocycles. The van der Waals surface area contributed by atoms with E-state index in [0.717, 1.165) is 22.0 Å². The highest BCUT2D eigenvalue weighted by molar-refractivity contribution is 7.22. The average molecular weight is 431 g/mol. The first kappa shape index (κ1) is 19.4. The molecule has 0 radical (unpaired) electrons. The lowest BCUT2D eigenvalue weighted by Gasteiger charge is -2.21. The highest BCUT2D eigenvalue weighted by atomic mass is 32.1. The number of benzene rings is 3. The lowest BCUT2D eigenvalue weighted by molar-refractivity contribution is 0.0988. The van der Waals surface area contributed by atoms with Gasteiger partial charge in [0, 0.05) is 31.0 Å². The van der Waals surface area contributed by atoms with Gasteiger partial charge in [0.15, 0.2) is 5.13 Å². The Labute approximate surface area is 182 Å². The zero-order valence-electron chi connectivity index (χ0n) is 16.6. The fraction of sp³-hybridized carbons (Fsp3) is 0.125. The Morgan fingerprint density at radius 3 is 2.74 bits per heavy atom. The van der Waals surface area contributed by atoms with Crippen LogP contribution >= 0.6 is 11.3 Å². The molecule has 0 bridgehead atoms. The molecule has 0 aliphatic carbocycles. The van der Waals surface area contributed by atoms with Crippen molar-refractivity contribution in [1.82, 2.24) is 14.5 Å². The monoisotopic (exact) mass is 430 g/mol. The number of amides is 1. The molecule has 2 aromatic heterocycles. The highest BCUT2D eigenvalue weighted by Crippen LogP contribution is 2.32. The van der Waals surface area contributed by atoms with E-state index in [1.165, 1.54) is 17.4 Å². The van der Waals surface area contributed by atoms with Gasteiger partial charge in [-0.05, 0) is 35.4 Å². The number of fused-ring (bicyclic) bond motifs is 2. The molecular weight excluding hydrogens is 411 g/mol. The van der Waals surface area contributed by atoms with Crippen LogP contribution in [0.3, 0.4) is 0 Å². The highest BCUT2D eigenvalue weighted by Gasteiger charge is 2.23.